The summed E-state index contributed by atoms with van der Waals surface area (Å²) in [6, 6.07) is 11.1. The molecular formula is C17H17NO4. The van der Waals surface area contributed by atoms with Crippen molar-refractivity contribution in [2.24, 2.45) is 0 Å². The van der Waals surface area contributed by atoms with Gasteiger partial charge in [-0.3, -0.25) is 9.59 Å². The second-order valence-corrected chi connectivity index (χ2v) is 5.42. The SMILES string of the molecule is O=C(O)CC1CCCN1C(=O)c1occc1-c1ccccc1. The Kier molecular flexibility index (Phi) is 3.96. The lowest BCUT2D eigenvalue weighted by Gasteiger charge is -2.22. The van der Waals surface area contributed by atoms with Crippen LogP contribution in [-0.2, 0) is 4.79 Å². The van der Waals surface area contributed by atoms with Crippen molar-refractivity contribution < 1.29 is 19.1 Å². The Morgan fingerprint density at radius 2 is 2.00 bits per heavy atom. The number of hydrogen-bond donors (Lipinski definition) is 1. The van der Waals surface area contributed by atoms with Gasteiger partial charge >= 0.3 is 5.97 Å². The van der Waals surface area contributed by atoms with E-state index in [0.29, 0.717) is 6.54 Å². The molecule has 0 aliphatic carbocycles. The lowest BCUT2D eigenvalue weighted by atomic mass is 10.1. The number of carbonyl (C=O) groups excluding carboxylic acids is 1. The minimum absolute atomic E-state index is 0.0207. The van der Waals surface area contributed by atoms with Crippen molar-refractivity contribution in [1.29, 1.82) is 0 Å². The number of carboxylic acid groups (broad SMARTS) is 1. The zero-order valence-electron chi connectivity index (χ0n) is 12.1. The molecule has 22 heavy (non-hydrogen) atoms. The number of carbonyl (C=O) groups is 2. The smallest absolute Gasteiger partial charge is 0.305 e. The second kappa shape index (κ2) is 6.05. The van der Waals surface area contributed by atoms with Gasteiger partial charge in [0.15, 0.2) is 5.76 Å². The zero-order valence-corrected chi connectivity index (χ0v) is 12.1. The van der Waals surface area contributed by atoms with Crippen LogP contribution in [0, 0.1) is 0 Å². The van der Waals surface area contributed by atoms with Gasteiger partial charge in [-0.2, -0.15) is 0 Å². The summed E-state index contributed by atoms with van der Waals surface area (Å²) in [5.41, 5.74) is 1.65. The van der Waals surface area contributed by atoms with Crippen molar-refractivity contribution in [2.45, 2.75) is 25.3 Å². The van der Waals surface area contributed by atoms with Crippen LogP contribution in [0.4, 0.5) is 0 Å². The molecule has 1 fully saturated rings. The Bertz CT molecular complexity index is 677. The maximum Gasteiger partial charge on any atom is 0.305 e. The molecule has 5 nitrogen and oxygen atoms in total. The van der Waals surface area contributed by atoms with Gasteiger partial charge in [0.2, 0.25) is 0 Å². The molecule has 0 saturated carbocycles. The normalized spacial score (nSPS) is 17.6. The average molecular weight is 299 g/mol. The molecule has 2 aromatic rings. The Morgan fingerprint density at radius 3 is 2.73 bits per heavy atom. The first-order chi connectivity index (χ1) is 10.7. The van der Waals surface area contributed by atoms with Gasteiger partial charge in [0.05, 0.1) is 12.7 Å². The van der Waals surface area contributed by atoms with Crippen LogP contribution in [0.2, 0.25) is 0 Å². The van der Waals surface area contributed by atoms with E-state index in [0.717, 1.165) is 24.0 Å². The number of aliphatic carboxylic acids is 1. The number of likely N-dealkylation sites (tertiary alicyclic amines) is 1. The van der Waals surface area contributed by atoms with E-state index in [9.17, 15) is 9.59 Å². The van der Waals surface area contributed by atoms with Gasteiger partial charge in [0.25, 0.3) is 5.91 Å². The molecule has 0 spiro atoms. The third kappa shape index (κ3) is 2.74. The highest BCUT2D eigenvalue weighted by Gasteiger charge is 2.33. The second-order valence-electron chi connectivity index (χ2n) is 5.42. The van der Waals surface area contributed by atoms with Gasteiger partial charge in [0, 0.05) is 18.2 Å². The predicted molar refractivity (Wildman–Crippen MR) is 80.5 cm³/mol. The standard InChI is InChI=1S/C17H17NO4/c19-15(20)11-13-7-4-9-18(13)17(21)16-14(8-10-22-16)12-5-2-1-3-6-12/h1-3,5-6,8,10,13H,4,7,9,11H2,(H,19,20). The molecule has 5 heteroatoms. The predicted octanol–water partition coefficient (Wildman–Crippen LogP) is 3.03. The molecule has 1 aliphatic heterocycles. The van der Waals surface area contributed by atoms with E-state index < -0.39 is 5.97 Å². The van der Waals surface area contributed by atoms with E-state index in [4.69, 9.17) is 9.52 Å². The molecule has 3 rings (SSSR count). The Labute approximate surface area is 128 Å². The quantitative estimate of drug-likeness (QED) is 0.942. The van der Waals surface area contributed by atoms with Crippen LogP contribution in [0.15, 0.2) is 47.1 Å². The molecule has 1 amide bonds. The van der Waals surface area contributed by atoms with E-state index in [1.54, 1.807) is 11.0 Å². The number of rotatable bonds is 4. The van der Waals surface area contributed by atoms with Gasteiger partial charge in [-0.25, -0.2) is 0 Å². The van der Waals surface area contributed by atoms with Crippen LogP contribution < -0.4 is 0 Å². The summed E-state index contributed by atoms with van der Waals surface area (Å²) >= 11 is 0. The maximum atomic E-state index is 12.7. The maximum absolute atomic E-state index is 12.7. The molecule has 1 unspecified atom stereocenters. The molecule has 0 bridgehead atoms. The largest absolute Gasteiger partial charge is 0.481 e. The Hall–Kier alpha value is -2.56. The summed E-state index contributed by atoms with van der Waals surface area (Å²) in [5, 5.41) is 8.98. The molecule has 0 radical (unpaired) electrons. The van der Waals surface area contributed by atoms with Crippen molar-refractivity contribution in [1.82, 2.24) is 4.90 Å². The first kappa shape index (κ1) is 14.4. The number of benzene rings is 1. The third-order valence-corrected chi connectivity index (χ3v) is 3.99. The van der Waals surface area contributed by atoms with E-state index in [2.05, 4.69) is 0 Å². The molecule has 1 aromatic heterocycles. The van der Waals surface area contributed by atoms with Gasteiger partial charge in [-0.05, 0) is 24.5 Å². The minimum atomic E-state index is -0.882. The van der Waals surface area contributed by atoms with Crippen molar-refractivity contribution in [3.8, 4) is 11.1 Å². The van der Waals surface area contributed by atoms with Crippen molar-refractivity contribution in [3.05, 3.63) is 48.4 Å². The first-order valence-corrected chi connectivity index (χ1v) is 7.32. The zero-order chi connectivity index (χ0) is 15.5. The van der Waals surface area contributed by atoms with Crippen molar-refractivity contribution >= 4 is 11.9 Å². The average Bonchev–Trinajstić information content (AvgIpc) is 3.16. The van der Waals surface area contributed by atoms with Gasteiger partial charge in [-0.1, -0.05) is 30.3 Å². The number of carboxylic acids is 1. The fraction of sp³-hybridized carbons (Fsp3) is 0.294. The highest BCUT2D eigenvalue weighted by molar-refractivity contribution is 5.98. The van der Waals surface area contributed by atoms with Gasteiger partial charge in [0.1, 0.15) is 0 Å². The number of nitrogens with zero attached hydrogens (tertiary/aromatic N) is 1. The summed E-state index contributed by atoms with van der Waals surface area (Å²) < 4.78 is 5.41. The molecular weight excluding hydrogens is 282 g/mol. The van der Waals surface area contributed by atoms with Gasteiger partial charge in [-0.15, -0.1) is 0 Å². The summed E-state index contributed by atoms with van der Waals surface area (Å²) in [4.78, 5) is 25.3. The van der Waals surface area contributed by atoms with Crippen LogP contribution in [-0.4, -0.2) is 34.5 Å². The van der Waals surface area contributed by atoms with Crippen molar-refractivity contribution in [2.75, 3.05) is 6.54 Å². The summed E-state index contributed by atoms with van der Waals surface area (Å²) in [5.74, 6) is -0.830. The minimum Gasteiger partial charge on any atom is -0.481 e. The molecule has 1 atom stereocenters. The van der Waals surface area contributed by atoms with E-state index in [1.165, 1.54) is 6.26 Å². The third-order valence-electron chi connectivity index (χ3n) is 3.99. The summed E-state index contributed by atoms with van der Waals surface area (Å²) in [7, 11) is 0. The summed E-state index contributed by atoms with van der Waals surface area (Å²) in [6.07, 6.45) is 3.02. The van der Waals surface area contributed by atoms with E-state index in [-0.39, 0.29) is 24.1 Å². The number of hydrogen-bond acceptors (Lipinski definition) is 3. The highest BCUT2D eigenvalue weighted by atomic mass is 16.4. The van der Waals surface area contributed by atoms with E-state index >= 15 is 0 Å². The van der Waals surface area contributed by atoms with Crippen LogP contribution in [0.3, 0.4) is 0 Å². The molecule has 2 heterocycles. The molecule has 1 aliphatic rings. The van der Waals surface area contributed by atoms with E-state index in [1.807, 2.05) is 30.3 Å². The molecule has 1 aromatic carbocycles. The fourth-order valence-corrected chi connectivity index (χ4v) is 2.97. The summed E-state index contributed by atoms with van der Waals surface area (Å²) in [6.45, 7) is 0.575. The van der Waals surface area contributed by atoms with Crippen LogP contribution in [0.1, 0.15) is 29.8 Å². The first-order valence-electron chi connectivity index (χ1n) is 7.32. The number of amides is 1. The van der Waals surface area contributed by atoms with Crippen molar-refractivity contribution in [3.63, 3.8) is 0 Å². The lowest BCUT2D eigenvalue weighted by molar-refractivity contribution is -0.137. The molecule has 114 valence electrons. The monoisotopic (exact) mass is 299 g/mol. The number of furan rings is 1. The lowest BCUT2D eigenvalue weighted by Crippen LogP contribution is -2.36. The van der Waals surface area contributed by atoms with Gasteiger partial charge < -0.3 is 14.4 Å². The molecule has 1 N–H and O–H groups in total. The van der Waals surface area contributed by atoms with Crippen LogP contribution in [0.25, 0.3) is 11.1 Å². The van der Waals surface area contributed by atoms with Crippen LogP contribution in [0.5, 0.6) is 0 Å². The highest BCUT2D eigenvalue weighted by Crippen LogP contribution is 2.29. The Balaban J connectivity index is 1.87. The topological polar surface area (TPSA) is 70.8 Å². The Morgan fingerprint density at radius 1 is 1.23 bits per heavy atom. The fourth-order valence-electron chi connectivity index (χ4n) is 2.97. The van der Waals surface area contributed by atoms with Crippen LogP contribution >= 0.6 is 0 Å². The molecule has 1 saturated heterocycles.